The van der Waals surface area contributed by atoms with Gasteiger partial charge in [0.25, 0.3) is 0 Å². The number of hydrogen-bond acceptors (Lipinski definition) is 6. The molecule has 1 heterocycles. The molecular weight excluding hydrogens is 322 g/mol. The number of aryl methyl sites for hydroxylation is 1. The summed E-state index contributed by atoms with van der Waals surface area (Å²) >= 11 is 1.37. The quantitative estimate of drug-likeness (QED) is 0.549. The van der Waals surface area contributed by atoms with Crippen molar-refractivity contribution < 1.29 is 0 Å². The first kappa shape index (κ1) is 16.1. The number of aromatic nitrogens is 3. The minimum atomic E-state index is -0.416. The van der Waals surface area contributed by atoms with Gasteiger partial charge in [0.2, 0.25) is 11.0 Å². The Hall–Kier alpha value is -2.80. The van der Waals surface area contributed by atoms with Gasteiger partial charge in [-0.2, -0.15) is 4.68 Å². The summed E-state index contributed by atoms with van der Waals surface area (Å²) in [6.45, 7) is 2.00. The molecule has 2 aromatic carbocycles. The second kappa shape index (κ2) is 7.18. The van der Waals surface area contributed by atoms with Crippen molar-refractivity contribution in [3.8, 4) is 0 Å². The van der Waals surface area contributed by atoms with Gasteiger partial charge < -0.3 is 11.2 Å². The third kappa shape index (κ3) is 3.75. The van der Waals surface area contributed by atoms with E-state index in [1.165, 1.54) is 11.8 Å². The lowest BCUT2D eigenvalue weighted by Crippen LogP contribution is -2.32. The van der Waals surface area contributed by atoms with Gasteiger partial charge >= 0.3 is 5.56 Å². The molecule has 0 amide bonds. The summed E-state index contributed by atoms with van der Waals surface area (Å²) < 4.78 is 1.02. The molecule has 24 heavy (non-hydrogen) atoms. The average Bonchev–Trinajstić information content (AvgIpc) is 2.61. The number of hydrogen-bond donors (Lipinski definition) is 2. The van der Waals surface area contributed by atoms with Crippen molar-refractivity contribution in [3.63, 3.8) is 0 Å². The van der Waals surface area contributed by atoms with Crippen molar-refractivity contribution in [2.75, 3.05) is 11.2 Å². The summed E-state index contributed by atoms with van der Waals surface area (Å²) in [7, 11) is 0. The monoisotopic (exact) mass is 339 g/mol. The molecule has 0 aliphatic carbocycles. The molecule has 0 atom stereocenters. The van der Waals surface area contributed by atoms with Crippen molar-refractivity contribution in [2.24, 2.45) is 0 Å². The van der Waals surface area contributed by atoms with Gasteiger partial charge in [-0.05, 0) is 24.6 Å². The molecule has 0 aliphatic heterocycles. The largest absolute Gasteiger partial charge is 0.334 e. The first-order valence-corrected chi connectivity index (χ1v) is 8.37. The van der Waals surface area contributed by atoms with Gasteiger partial charge in [-0.25, -0.2) is 0 Å². The van der Waals surface area contributed by atoms with Crippen LogP contribution in [-0.2, 0) is 5.75 Å². The summed E-state index contributed by atoms with van der Waals surface area (Å²) in [5.74, 6) is 6.63. The Kier molecular flexibility index (Phi) is 4.81. The van der Waals surface area contributed by atoms with E-state index in [1.54, 1.807) is 0 Å². The van der Waals surface area contributed by atoms with Crippen LogP contribution in [0.15, 0.2) is 64.5 Å². The summed E-state index contributed by atoms with van der Waals surface area (Å²) in [6.07, 6.45) is 0. The van der Waals surface area contributed by atoms with E-state index in [4.69, 9.17) is 5.84 Å². The van der Waals surface area contributed by atoms with Crippen molar-refractivity contribution in [1.29, 1.82) is 0 Å². The van der Waals surface area contributed by atoms with E-state index >= 15 is 0 Å². The Balaban J connectivity index is 1.76. The zero-order valence-corrected chi connectivity index (χ0v) is 14.0. The molecule has 122 valence electrons. The number of nitrogen functional groups attached to an aromatic ring is 1. The Morgan fingerprint density at radius 1 is 1.08 bits per heavy atom. The maximum absolute atomic E-state index is 12.3. The molecule has 6 nitrogen and oxygen atoms in total. The average molecular weight is 339 g/mol. The third-order valence-corrected chi connectivity index (χ3v) is 4.40. The van der Waals surface area contributed by atoms with Crippen LogP contribution in [0.2, 0.25) is 0 Å². The Labute approximate surface area is 143 Å². The summed E-state index contributed by atoms with van der Waals surface area (Å²) in [6, 6.07) is 17.5. The maximum Gasteiger partial charge on any atom is 0.315 e. The van der Waals surface area contributed by atoms with Crippen molar-refractivity contribution in [1.82, 2.24) is 14.9 Å². The predicted octanol–water partition coefficient (Wildman–Crippen LogP) is 2.70. The minimum absolute atomic E-state index is 0.102. The highest BCUT2D eigenvalue weighted by atomic mass is 32.2. The van der Waals surface area contributed by atoms with Gasteiger partial charge in [-0.15, -0.1) is 10.2 Å². The van der Waals surface area contributed by atoms with Gasteiger partial charge in [-0.3, -0.25) is 4.79 Å². The molecular formula is C17H17N5OS. The van der Waals surface area contributed by atoms with E-state index in [2.05, 4.69) is 15.5 Å². The second-order valence-corrected chi connectivity index (χ2v) is 6.21. The number of nitrogens with one attached hydrogen (secondary N) is 1. The number of anilines is 2. The molecule has 0 unspecified atom stereocenters. The molecule has 1 aromatic heterocycles. The van der Waals surface area contributed by atoms with Gasteiger partial charge in [0.05, 0.1) is 0 Å². The fourth-order valence-electron chi connectivity index (χ4n) is 2.06. The Morgan fingerprint density at radius 2 is 1.79 bits per heavy atom. The highest BCUT2D eigenvalue weighted by molar-refractivity contribution is 7.98. The van der Waals surface area contributed by atoms with Crippen LogP contribution in [0.4, 0.5) is 11.5 Å². The molecule has 7 heteroatoms. The van der Waals surface area contributed by atoms with E-state index in [0.29, 0.717) is 10.9 Å². The van der Waals surface area contributed by atoms with E-state index in [0.717, 1.165) is 21.5 Å². The van der Waals surface area contributed by atoms with Crippen LogP contribution in [0.5, 0.6) is 0 Å². The summed E-state index contributed by atoms with van der Waals surface area (Å²) in [5.41, 5.74) is 2.60. The van der Waals surface area contributed by atoms with E-state index in [-0.39, 0.29) is 5.82 Å². The molecule has 3 N–H and O–H groups in total. The SMILES string of the molecule is Cc1ccc(Nc2nnc(SCc3ccccc3)n(N)c2=O)cc1. The van der Waals surface area contributed by atoms with Gasteiger partial charge in [0, 0.05) is 11.4 Å². The molecule has 0 bridgehead atoms. The number of thioether (sulfide) groups is 1. The van der Waals surface area contributed by atoms with E-state index in [9.17, 15) is 4.79 Å². The molecule has 0 fully saturated rings. The van der Waals surface area contributed by atoms with Crippen LogP contribution < -0.4 is 16.7 Å². The Bertz CT molecular complexity index is 878. The molecule has 0 saturated heterocycles. The molecule has 3 aromatic rings. The lowest BCUT2D eigenvalue weighted by Gasteiger charge is -2.09. The summed E-state index contributed by atoms with van der Waals surface area (Å²) in [5, 5.41) is 11.3. The highest BCUT2D eigenvalue weighted by Gasteiger charge is 2.11. The smallest absolute Gasteiger partial charge is 0.315 e. The molecule has 0 aliphatic rings. The number of nitrogens with two attached hydrogens (primary N) is 1. The topological polar surface area (TPSA) is 85.8 Å². The normalized spacial score (nSPS) is 10.5. The Morgan fingerprint density at radius 3 is 2.50 bits per heavy atom. The number of benzene rings is 2. The van der Waals surface area contributed by atoms with Crippen molar-refractivity contribution in [3.05, 3.63) is 76.1 Å². The van der Waals surface area contributed by atoms with E-state index in [1.807, 2.05) is 61.5 Å². The third-order valence-electron chi connectivity index (χ3n) is 3.39. The lowest BCUT2D eigenvalue weighted by atomic mass is 10.2. The fraction of sp³-hybridized carbons (Fsp3) is 0.118. The lowest BCUT2D eigenvalue weighted by molar-refractivity contribution is 0.705. The number of rotatable bonds is 5. The first-order chi connectivity index (χ1) is 11.6. The van der Waals surface area contributed by atoms with Crippen LogP contribution in [0.3, 0.4) is 0 Å². The second-order valence-electron chi connectivity index (χ2n) is 5.27. The maximum atomic E-state index is 12.3. The van der Waals surface area contributed by atoms with Crippen molar-refractivity contribution >= 4 is 23.3 Å². The first-order valence-electron chi connectivity index (χ1n) is 7.39. The van der Waals surface area contributed by atoms with Crippen LogP contribution in [-0.4, -0.2) is 14.9 Å². The van der Waals surface area contributed by atoms with Crippen LogP contribution in [0, 0.1) is 6.92 Å². The minimum Gasteiger partial charge on any atom is -0.334 e. The molecule has 0 spiro atoms. The highest BCUT2D eigenvalue weighted by Crippen LogP contribution is 2.19. The van der Waals surface area contributed by atoms with Crippen LogP contribution >= 0.6 is 11.8 Å². The van der Waals surface area contributed by atoms with Crippen LogP contribution in [0.25, 0.3) is 0 Å². The van der Waals surface area contributed by atoms with Gasteiger partial charge in [-0.1, -0.05) is 59.8 Å². The van der Waals surface area contributed by atoms with Crippen LogP contribution in [0.1, 0.15) is 11.1 Å². The van der Waals surface area contributed by atoms with Gasteiger partial charge in [0.1, 0.15) is 0 Å². The number of nitrogens with zero attached hydrogens (tertiary/aromatic N) is 3. The predicted molar refractivity (Wildman–Crippen MR) is 96.9 cm³/mol. The standard InChI is InChI=1S/C17H17N5OS/c1-12-7-9-14(10-8-12)19-15-16(23)22(18)17(21-20-15)24-11-13-5-3-2-4-6-13/h2-10H,11,18H2,1H3,(H,19,20). The molecule has 3 rings (SSSR count). The van der Waals surface area contributed by atoms with E-state index < -0.39 is 5.56 Å². The zero-order valence-electron chi connectivity index (χ0n) is 13.1. The zero-order chi connectivity index (χ0) is 16.9. The summed E-state index contributed by atoms with van der Waals surface area (Å²) in [4.78, 5) is 12.3. The van der Waals surface area contributed by atoms with Gasteiger partial charge in [0.15, 0.2) is 0 Å². The molecule has 0 radical (unpaired) electrons. The fourth-order valence-corrected chi connectivity index (χ4v) is 2.87. The molecule has 0 saturated carbocycles. The van der Waals surface area contributed by atoms with Crippen molar-refractivity contribution in [2.45, 2.75) is 17.8 Å².